The Balaban J connectivity index is 1.35. The van der Waals surface area contributed by atoms with Gasteiger partial charge in [0, 0.05) is 12.1 Å². The Labute approximate surface area is 158 Å². The van der Waals surface area contributed by atoms with E-state index in [1.54, 1.807) is 11.0 Å². The largest absolute Gasteiger partial charge is 0.348 e. The van der Waals surface area contributed by atoms with E-state index in [0.29, 0.717) is 13.1 Å². The van der Waals surface area contributed by atoms with Crippen LogP contribution in [-0.4, -0.2) is 33.8 Å². The first-order valence-electron chi connectivity index (χ1n) is 9.29. The number of benzene rings is 2. The summed E-state index contributed by atoms with van der Waals surface area (Å²) >= 11 is 0. The molecule has 1 aliphatic rings. The fourth-order valence-corrected chi connectivity index (χ4v) is 3.36. The molecule has 138 valence electrons. The van der Waals surface area contributed by atoms with Gasteiger partial charge in [-0.05, 0) is 60.3 Å². The van der Waals surface area contributed by atoms with Gasteiger partial charge in [-0.15, -0.1) is 0 Å². The van der Waals surface area contributed by atoms with Crippen LogP contribution in [0.3, 0.4) is 0 Å². The van der Waals surface area contributed by atoms with Gasteiger partial charge in [-0.1, -0.05) is 30.3 Å². The topological polar surface area (TPSA) is 71.8 Å². The lowest BCUT2D eigenvalue weighted by molar-refractivity contribution is 0.0951. The molecule has 6 heteroatoms. The van der Waals surface area contributed by atoms with E-state index in [4.69, 9.17) is 0 Å². The van der Waals surface area contributed by atoms with Crippen molar-refractivity contribution in [2.75, 3.05) is 13.1 Å². The molecule has 0 aliphatic carbocycles. The summed E-state index contributed by atoms with van der Waals surface area (Å²) in [6.07, 6.45) is 5.23. The van der Waals surface area contributed by atoms with Crippen LogP contribution in [0.15, 0.2) is 55.1 Å². The van der Waals surface area contributed by atoms with Crippen LogP contribution in [0.5, 0.6) is 0 Å². The van der Waals surface area contributed by atoms with Crippen LogP contribution in [0.2, 0.25) is 0 Å². The lowest BCUT2D eigenvalue weighted by atomic mass is 10.00. The molecule has 1 aromatic heterocycles. The molecule has 0 fully saturated rings. The Morgan fingerprint density at radius 3 is 2.59 bits per heavy atom. The van der Waals surface area contributed by atoms with E-state index in [0.717, 1.165) is 42.6 Å². The van der Waals surface area contributed by atoms with Gasteiger partial charge < -0.3 is 10.6 Å². The number of hydrogen-bond acceptors (Lipinski definition) is 4. The fraction of sp³-hybridized carbons (Fsp3) is 0.286. The van der Waals surface area contributed by atoms with Gasteiger partial charge in [0.05, 0.1) is 6.54 Å². The molecular weight excluding hydrogens is 338 g/mol. The second-order valence-electron chi connectivity index (χ2n) is 6.83. The number of carbonyl (C=O) groups excluding carboxylic acids is 1. The maximum Gasteiger partial charge on any atom is 0.251 e. The lowest BCUT2D eigenvalue weighted by Crippen LogP contribution is -2.23. The van der Waals surface area contributed by atoms with Crippen molar-refractivity contribution in [2.24, 2.45) is 0 Å². The third-order valence-electron chi connectivity index (χ3n) is 4.90. The van der Waals surface area contributed by atoms with E-state index < -0.39 is 0 Å². The van der Waals surface area contributed by atoms with Gasteiger partial charge in [0.1, 0.15) is 12.7 Å². The number of aromatic nitrogens is 3. The Bertz CT molecular complexity index is 903. The summed E-state index contributed by atoms with van der Waals surface area (Å²) in [4.78, 5) is 16.5. The van der Waals surface area contributed by atoms with Crippen LogP contribution in [0.25, 0.3) is 0 Å². The maximum atomic E-state index is 12.5. The first kappa shape index (κ1) is 17.4. The Hall–Kier alpha value is -2.99. The van der Waals surface area contributed by atoms with Crippen LogP contribution in [0.4, 0.5) is 0 Å². The SMILES string of the molecule is O=C(NCc1ccc(Cn2cncn2)cc1)c1ccc2c(c1)CCNCC2. The molecular formula is C21H23N5O. The third-order valence-corrected chi connectivity index (χ3v) is 4.90. The van der Waals surface area contributed by atoms with Crippen molar-refractivity contribution in [1.29, 1.82) is 0 Å². The highest BCUT2D eigenvalue weighted by Gasteiger charge is 2.11. The molecule has 6 nitrogen and oxygen atoms in total. The average molecular weight is 361 g/mol. The van der Waals surface area contributed by atoms with Gasteiger partial charge in [0.15, 0.2) is 0 Å². The summed E-state index contributed by atoms with van der Waals surface area (Å²) < 4.78 is 1.78. The summed E-state index contributed by atoms with van der Waals surface area (Å²) in [7, 11) is 0. The minimum atomic E-state index is -0.0262. The van der Waals surface area contributed by atoms with Crippen molar-refractivity contribution in [3.63, 3.8) is 0 Å². The second kappa shape index (κ2) is 8.14. The first-order chi connectivity index (χ1) is 13.3. The normalized spacial score (nSPS) is 13.6. The zero-order valence-electron chi connectivity index (χ0n) is 15.2. The second-order valence-corrected chi connectivity index (χ2v) is 6.83. The molecule has 0 spiro atoms. The molecule has 0 bridgehead atoms. The van der Waals surface area contributed by atoms with Gasteiger partial charge in [-0.3, -0.25) is 4.79 Å². The summed E-state index contributed by atoms with van der Waals surface area (Å²) in [5, 5.41) is 10.5. The van der Waals surface area contributed by atoms with Crippen LogP contribution >= 0.6 is 0 Å². The third kappa shape index (κ3) is 4.41. The monoisotopic (exact) mass is 361 g/mol. The minimum absolute atomic E-state index is 0.0262. The number of nitrogens with one attached hydrogen (secondary N) is 2. The van der Waals surface area contributed by atoms with Crippen molar-refractivity contribution in [1.82, 2.24) is 25.4 Å². The molecule has 0 atom stereocenters. The summed E-state index contributed by atoms with van der Waals surface area (Å²) in [6, 6.07) is 14.2. The van der Waals surface area contributed by atoms with Gasteiger partial charge in [0.2, 0.25) is 0 Å². The highest BCUT2D eigenvalue weighted by atomic mass is 16.1. The number of carbonyl (C=O) groups is 1. The maximum absolute atomic E-state index is 12.5. The Morgan fingerprint density at radius 2 is 1.81 bits per heavy atom. The van der Waals surface area contributed by atoms with Crippen LogP contribution in [0.1, 0.15) is 32.6 Å². The molecule has 27 heavy (non-hydrogen) atoms. The molecule has 1 aliphatic heterocycles. The zero-order chi connectivity index (χ0) is 18.5. The molecule has 2 N–H and O–H groups in total. The highest BCUT2D eigenvalue weighted by Crippen LogP contribution is 2.15. The minimum Gasteiger partial charge on any atom is -0.348 e. The predicted molar refractivity (Wildman–Crippen MR) is 103 cm³/mol. The van der Waals surface area contributed by atoms with Gasteiger partial charge in [-0.2, -0.15) is 5.10 Å². The summed E-state index contributed by atoms with van der Waals surface area (Å²) in [6.45, 7) is 3.18. The Kier molecular flexibility index (Phi) is 5.25. The number of rotatable bonds is 5. The molecule has 0 saturated heterocycles. The molecule has 4 rings (SSSR count). The molecule has 0 unspecified atom stereocenters. The molecule has 3 aromatic rings. The number of fused-ring (bicyclic) bond motifs is 1. The van der Waals surface area contributed by atoms with E-state index in [9.17, 15) is 4.79 Å². The van der Waals surface area contributed by atoms with Gasteiger partial charge in [-0.25, -0.2) is 9.67 Å². The molecule has 2 heterocycles. The average Bonchev–Trinajstić information content (AvgIpc) is 3.09. The summed E-state index contributed by atoms with van der Waals surface area (Å²) in [5.74, 6) is -0.0262. The first-order valence-corrected chi connectivity index (χ1v) is 9.29. The lowest BCUT2D eigenvalue weighted by Gasteiger charge is -2.10. The van der Waals surface area contributed by atoms with Crippen LogP contribution in [0, 0.1) is 0 Å². The number of nitrogens with zero attached hydrogens (tertiary/aromatic N) is 3. The van der Waals surface area contributed by atoms with E-state index in [1.807, 2.05) is 24.3 Å². The molecule has 0 saturated carbocycles. The zero-order valence-corrected chi connectivity index (χ0v) is 15.2. The standard InChI is InChI=1S/C21H23N5O/c27-21(20-6-5-18-7-9-22-10-8-19(18)11-20)24-12-16-1-3-17(4-2-16)13-26-15-23-14-25-26/h1-6,11,14-15,22H,7-10,12-13H2,(H,24,27). The van der Waals surface area contributed by atoms with Gasteiger partial charge in [0.25, 0.3) is 5.91 Å². The molecule has 1 amide bonds. The van der Waals surface area contributed by atoms with Crippen LogP contribution < -0.4 is 10.6 Å². The van der Waals surface area contributed by atoms with E-state index >= 15 is 0 Å². The number of hydrogen-bond donors (Lipinski definition) is 2. The van der Waals surface area contributed by atoms with E-state index in [2.05, 4.69) is 38.9 Å². The van der Waals surface area contributed by atoms with E-state index in [-0.39, 0.29) is 5.91 Å². The predicted octanol–water partition coefficient (Wildman–Crippen LogP) is 1.94. The fourth-order valence-electron chi connectivity index (χ4n) is 3.36. The van der Waals surface area contributed by atoms with Crippen molar-refractivity contribution < 1.29 is 4.79 Å². The van der Waals surface area contributed by atoms with E-state index in [1.165, 1.54) is 17.5 Å². The summed E-state index contributed by atoms with van der Waals surface area (Å²) in [5.41, 5.74) is 5.59. The molecule has 0 radical (unpaired) electrons. The smallest absolute Gasteiger partial charge is 0.251 e. The van der Waals surface area contributed by atoms with Crippen molar-refractivity contribution in [2.45, 2.75) is 25.9 Å². The molecule has 2 aromatic carbocycles. The quantitative estimate of drug-likeness (QED) is 0.729. The highest BCUT2D eigenvalue weighted by molar-refractivity contribution is 5.94. The van der Waals surface area contributed by atoms with Crippen molar-refractivity contribution >= 4 is 5.91 Å². The van der Waals surface area contributed by atoms with Gasteiger partial charge >= 0.3 is 0 Å². The number of amides is 1. The van der Waals surface area contributed by atoms with Crippen LogP contribution in [-0.2, 0) is 25.9 Å². The Morgan fingerprint density at radius 1 is 1.04 bits per heavy atom. The van der Waals surface area contributed by atoms with Crippen molar-refractivity contribution in [3.05, 3.63) is 82.9 Å². The van der Waals surface area contributed by atoms with Crippen molar-refractivity contribution in [3.8, 4) is 0 Å².